The van der Waals surface area contributed by atoms with E-state index in [9.17, 15) is 10.1 Å². The van der Waals surface area contributed by atoms with Crippen molar-refractivity contribution >= 4 is 46.3 Å². The van der Waals surface area contributed by atoms with Gasteiger partial charge in [-0.3, -0.25) is 9.78 Å². The van der Waals surface area contributed by atoms with Crippen LogP contribution in [-0.4, -0.2) is 51.6 Å². The molecule has 0 spiro atoms. The van der Waals surface area contributed by atoms with E-state index in [1.54, 1.807) is 41.7 Å². The van der Waals surface area contributed by atoms with E-state index >= 15 is 0 Å². The molecule has 4 aromatic rings. The molecular formula is C29H29N7OS2. The van der Waals surface area contributed by atoms with Crippen LogP contribution in [0.2, 0.25) is 0 Å². The maximum Gasteiger partial charge on any atom is 0.227 e. The lowest BCUT2D eigenvalue weighted by molar-refractivity contribution is -0.116. The third kappa shape index (κ3) is 6.63. The maximum absolute atomic E-state index is 12.5. The Hall–Kier alpha value is -3.78. The van der Waals surface area contributed by atoms with E-state index in [1.807, 2.05) is 48.7 Å². The number of rotatable bonds is 9. The lowest BCUT2D eigenvalue weighted by Crippen LogP contribution is -2.32. The van der Waals surface area contributed by atoms with Gasteiger partial charge in [0.05, 0.1) is 20.3 Å². The Morgan fingerprint density at radius 1 is 1.13 bits per heavy atom. The van der Waals surface area contributed by atoms with Crippen molar-refractivity contribution in [2.24, 2.45) is 0 Å². The van der Waals surface area contributed by atoms with Gasteiger partial charge in [-0.15, -0.1) is 23.1 Å². The van der Waals surface area contributed by atoms with Crippen LogP contribution in [0.5, 0.6) is 0 Å². The van der Waals surface area contributed by atoms with Gasteiger partial charge in [-0.1, -0.05) is 18.6 Å². The molecule has 0 aliphatic carbocycles. The average molecular weight is 556 g/mol. The normalized spacial score (nSPS) is 13.5. The quantitative estimate of drug-likeness (QED) is 0.228. The zero-order chi connectivity index (χ0) is 27.0. The lowest BCUT2D eigenvalue weighted by Gasteiger charge is -2.25. The summed E-state index contributed by atoms with van der Waals surface area (Å²) < 4.78 is 0.934. The van der Waals surface area contributed by atoms with E-state index in [2.05, 4.69) is 31.6 Å². The first kappa shape index (κ1) is 26.8. The Labute approximate surface area is 236 Å². The fourth-order valence-corrected chi connectivity index (χ4v) is 6.55. The van der Waals surface area contributed by atoms with Gasteiger partial charge in [-0.2, -0.15) is 5.26 Å². The number of anilines is 3. The summed E-state index contributed by atoms with van der Waals surface area (Å²) in [5.74, 6) is 0.435. The van der Waals surface area contributed by atoms with E-state index in [1.165, 1.54) is 19.3 Å². The molecule has 1 aromatic carbocycles. The number of nitrogens with one attached hydrogen (secondary N) is 2. The molecule has 2 N–H and O–H groups in total. The van der Waals surface area contributed by atoms with Gasteiger partial charge < -0.3 is 15.5 Å². The number of carbonyl (C=O) groups excluding carboxylic acids is 1. The summed E-state index contributed by atoms with van der Waals surface area (Å²) in [7, 11) is 0. The smallest absolute Gasteiger partial charge is 0.227 e. The van der Waals surface area contributed by atoms with Crippen LogP contribution in [0.1, 0.15) is 31.2 Å². The van der Waals surface area contributed by atoms with Crippen molar-refractivity contribution in [3.05, 3.63) is 66.6 Å². The van der Waals surface area contributed by atoms with Crippen LogP contribution in [0.25, 0.3) is 21.7 Å². The van der Waals surface area contributed by atoms with Crippen LogP contribution < -0.4 is 10.6 Å². The predicted octanol–water partition coefficient (Wildman–Crippen LogP) is 6.42. The number of piperidine rings is 1. The summed E-state index contributed by atoms with van der Waals surface area (Å²) in [6.07, 6.45) is 11.4. The molecule has 0 bridgehead atoms. The third-order valence-electron chi connectivity index (χ3n) is 6.52. The number of nitriles is 1. The van der Waals surface area contributed by atoms with Crippen LogP contribution in [0.3, 0.4) is 0 Å². The molecule has 1 fully saturated rings. The second-order valence-corrected chi connectivity index (χ2v) is 11.3. The minimum atomic E-state index is 0.00879. The molecule has 39 heavy (non-hydrogen) atoms. The molecule has 0 saturated carbocycles. The number of carbonyl (C=O) groups is 1. The van der Waals surface area contributed by atoms with Gasteiger partial charge >= 0.3 is 0 Å². The molecule has 1 aliphatic heterocycles. The number of hydrogen-bond acceptors (Lipinski definition) is 9. The predicted molar refractivity (Wildman–Crippen MR) is 158 cm³/mol. The van der Waals surface area contributed by atoms with Crippen molar-refractivity contribution in [1.29, 1.82) is 5.26 Å². The first-order valence-corrected chi connectivity index (χ1v) is 14.9. The number of likely N-dealkylation sites (tertiary alicyclic amines) is 1. The zero-order valence-corrected chi connectivity index (χ0v) is 23.3. The Morgan fingerprint density at radius 3 is 2.74 bits per heavy atom. The third-order valence-corrected chi connectivity index (χ3v) is 8.85. The lowest BCUT2D eigenvalue weighted by atomic mass is 10.0. The fourth-order valence-electron chi connectivity index (χ4n) is 4.64. The summed E-state index contributed by atoms with van der Waals surface area (Å²) >= 11 is 3.09. The fraction of sp³-hybridized carbons (Fsp3) is 0.276. The van der Waals surface area contributed by atoms with Crippen molar-refractivity contribution in [1.82, 2.24) is 19.9 Å². The SMILES string of the molecule is CSc1sc(-c2ccnc(Nc3cccc(NC(=O)CCN4CCCCC4)c3)n2)c(-c2cccnc2)c1C#N. The largest absolute Gasteiger partial charge is 0.326 e. The van der Waals surface area contributed by atoms with Gasteiger partial charge in [0, 0.05) is 54.1 Å². The Morgan fingerprint density at radius 2 is 1.97 bits per heavy atom. The van der Waals surface area contributed by atoms with E-state index in [-0.39, 0.29) is 5.91 Å². The number of benzene rings is 1. The molecule has 5 rings (SSSR count). The summed E-state index contributed by atoms with van der Waals surface area (Å²) in [5, 5.41) is 16.2. The summed E-state index contributed by atoms with van der Waals surface area (Å²) in [4.78, 5) is 29.2. The van der Waals surface area contributed by atoms with Crippen molar-refractivity contribution in [3.8, 4) is 27.8 Å². The van der Waals surface area contributed by atoms with Gasteiger partial charge in [-0.25, -0.2) is 9.97 Å². The van der Waals surface area contributed by atoms with E-state index in [0.29, 0.717) is 17.9 Å². The molecule has 4 heterocycles. The topological polar surface area (TPSA) is 107 Å². The second kappa shape index (κ2) is 12.8. The first-order valence-electron chi connectivity index (χ1n) is 12.9. The van der Waals surface area contributed by atoms with E-state index in [0.717, 1.165) is 56.9 Å². The Balaban J connectivity index is 1.33. The monoisotopic (exact) mass is 555 g/mol. The number of thiophene rings is 1. The van der Waals surface area contributed by atoms with Crippen LogP contribution in [-0.2, 0) is 4.79 Å². The molecule has 10 heteroatoms. The second-order valence-electron chi connectivity index (χ2n) is 9.20. The van der Waals surface area contributed by atoms with Crippen molar-refractivity contribution in [3.63, 3.8) is 0 Å². The molecular weight excluding hydrogens is 527 g/mol. The van der Waals surface area contributed by atoms with E-state index < -0.39 is 0 Å². The maximum atomic E-state index is 12.5. The Kier molecular flexibility index (Phi) is 8.83. The standard InChI is InChI=1S/C29H29N7OS2/c1-38-28-23(18-30)26(20-7-6-12-31-19-20)27(39-28)24-10-13-32-29(35-24)34-22-9-5-8-21(17-22)33-25(37)11-16-36-14-3-2-4-15-36/h5-10,12-13,17,19H,2-4,11,14-16H2,1H3,(H,33,37)(H,32,34,35). The van der Waals surface area contributed by atoms with Crippen LogP contribution in [0, 0.1) is 11.3 Å². The van der Waals surface area contributed by atoms with Gasteiger partial charge in [0.2, 0.25) is 11.9 Å². The Bertz CT molecular complexity index is 1480. The van der Waals surface area contributed by atoms with Crippen LogP contribution >= 0.6 is 23.1 Å². The highest BCUT2D eigenvalue weighted by atomic mass is 32.2. The molecule has 1 aliphatic rings. The van der Waals surface area contributed by atoms with Crippen LogP contribution in [0.4, 0.5) is 17.3 Å². The highest BCUT2D eigenvalue weighted by Crippen LogP contribution is 2.45. The molecule has 0 unspecified atom stereocenters. The molecule has 1 saturated heterocycles. The summed E-state index contributed by atoms with van der Waals surface area (Å²) in [5.41, 5.74) is 4.54. The summed E-state index contributed by atoms with van der Waals surface area (Å²) in [6.45, 7) is 2.95. The number of aromatic nitrogens is 3. The molecule has 0 atom stereocenters. The molecule has 198 valence electrons. The van der Waals surface area contributed by atoms with Gasteiger partial charge in [0.25, 0.3) is 0 Å². The minimum absolute atomic E-state index is 0.00879. The number of nitrogens with zero attached hydrogens (tertiary/aromatic N) is 5. The minimum Gasteiger partial charge on any atom is -0.326 e. The van der Waals surface area contributed by atoms with Crippen molar-refractivity contribution in [2.45, 2.75) is 29.9 Å². The number of thioether (sulfide) groups is 1. The molecule has 3 aromatic heterocycles. The highest BCUT2D eigenvalue weighted by Gasteiger charge is 2.22. The van der Waals surface area contributed by atoms with Crippen molar-refractivity contribution in [2.75, 3.05) is 36.5 Å². The molecule has 0 radical (unpaired) electrons. The van der Waals surface area contributed by atoms with Crippen molar-refractivity contribution < 1.29 is 4.79 Å². The highest BCUT2D eigenvalue weighted by molar-refractivity contribution is 8.00. The number of pyridine rings is 1. The number of hydrogen-bond donors (Lipinski definition) is 2. The summed E-state index contributed by atoms with van der Waals surface area (Å²) in [6, 6.07) is 15.6. The number of amides is 1. The molecule has 8 nitrogen and oxygen atoms in total. The van der Waals surface area contributed by atoms with Gasteiger partial charge in [0.1, 0.15) is 6.07 Å². The van der Waals surface area contributed by atoms with E-state index in [4.69, 9.17) is 4.98 Å². The zero-order valence-electron chi connectivity index (χ0n) is 21.7. The first-order chi connectivity index (χ1) is 19.1. The van der Waals surface area contributed by atoms with Gasteiger partial charge in [-0.05, 0) is 62.5 Å². The van der Waals surface area contributed by atoms with Crippen LogP contribution in [0.15, 0.2) is 65.3 Å². The average Bonchev–Trinajstić information content (AvgIpc) is 3.36. The molecule has 1 amide bonds. The van der Waals surface area contributed by atoms with Gasteiger partial charge in [0.15, 0.2) is 0 Å².